The highest BCUT2D eigenvalue weighted by atomic mass is 14.3. The van der Waals surface area contributed by atoms with E-state index in [1.807, 2.05) is 0 Å². The molecule has 0 fully saturated rings. The molecule has 0 N–H and O–H groups in total. The average molecular weight is 408 g/mol. The van der Waals surface area contributed by atoms with Crippen molar-refractivity contribution in [2.45, 2.75) is 32.1 Å². The second kappa shape index (κ2) is 6.84. The number of hydrogen-bond donors (Lipinski definition) is 0. The molecule has 1 aliphatic heterocycles. The Hall–Kier alpha value is -3.32. The van der Waals surface area contributed by atoms with Crippen LogP contribution in [0.25, 0.3) is 27.8 Å². The molecular formula is C31H25B. The maximum absolute atomic E-state index is 2.42. The molecule has 3 aliphatic rings. The number of benzene rings is 4. The van der Waals surface area contributed by atoms with Gasteiger partial charge >= 0.3 is 0 Å². The number of allylic oxidation sites excluding steroid dienone is 2. The van der Waals surface area contributed by atoms with Gasteiger partial charge in [0.05, 0.1) is 0 Å². The van der Waals surface area contributed by atoms with Crippen LogP contribution in [0.15, 0.2) is 90.5 Å². The van der Waals surface area contributed by atoms with Crippen LogP contribution in [0.2, 0.25) is 0 Å². The van der Waals surface area contributed by atoms with Gasteiger partial charge in [0.25, 0.3) is 0 Å². The summed E-state index contributed by atoms with van der Waals surface area (Å²) in [7, 11) is 1.09. The summed E-state index contributed by atoms with van der Waals surface area (Å²) >= 11 is 0. The normalized spacial score (nSPS) is 15.2. The van der Waals surface area contributed by atoms with E-state index in [1.165, 1.54) is 56.3 Å². The summed E-state index contributed by atoms with van der Waals surface area (Å²) in [6.45, 7) is 2.36. The van der Waals surface area contributed by atoms with Gasteiger partial charge < -0.3 is 0 Å². The summed E-state index contributed by atoms with van der Waals surface area (Å²) in [5, 5.41) is 0. The van der Waals surface area contributed by atoms with Crippen molar-refractivity contribution >= 4 is 23.8 Å². The standard InChI is InChI=1S/C31H25B/c1-19-18-28-25(16-17-30-31(28)27-12-6-7-13-29(27)32-30)20(19)14-15-26-23-10-4-2-8-21(23)22-9-3-5-11-24(22)26/h2-13,16-17,26,32H,14-15,18H2,1H3. The van der Waals surface area contributed by atoms with E-state index in [-0.39, 0.29) is 0 Å². The molecule has 1 heterocycles. The predicted molar refractivity (Wildman–Crippen MR) is 138 cm³/mol. The van der Waals surface area contributed by atoms with E-state index >= 15 is 0 Å². The van der Waals surface area contributed by atoms with E-state index in [4.69, 9.17) is 0 Å². The van der Waals surface area contributed by atoms with E-state index in [2.05, 4.69) is 91.9 Å². The molecule has 0 atom stereocenters. The second-order valence-corrected chi connectivity index (χ2v) is 9.66. The first kappa shape index (κ1) is 18.3. The quantitative estimate of drug-likeness (QED) is 0.323. The molecule has 32 heavy (non-hydrogen) atoms. The number of fused-ring (bicyclic) bond motifs is 8. The van der Waals surface area contributed by atoms with Crippen LogP contribution in [-0.2, 0) is 6.42 Å². The Morgan fingerprint density at radius 2 is 1.34 bits per heavy atom. The summed E-state index contributed by atoms with van der Waals surface area (Å²) < 4.78 is 0. The van der Waals surface area contributed by atoms with E-state index in [9.17, 15) is 0 Å². The minimum Gasteiger partial charge on any atom is -0.0709 e. The van der Waals surface area contributed by atoms with Gasteiger partial charge in [-0.05, 0) is 76.3 Å². The molecule has 7 rings (SSSR count). The zero-order valence-corrected chi connectivity index (χ0v) is 18.5. The smallest absolute Gasteiger partial charge is 0.0709 e. The Morgan fingerprint density at radius 3 is 2.09 bits per heavy atom. The molecule has 0 nitrogen and oxygen atoms in total. The SMILES string of the molecule is CC1=C(CCC2c3ccccc3-c3ccccc32)c2ccc3c(c2C1)-c1ccccc1B3. The molecule has 152 valence electrons. The maximum Gasteiger partial charge on any atom is 0.193 e. The van der Waals surface area contributed by atoms with Gasteiger partial charge in [0.2, 0.25) is 0 Å². The average Bonchev–Trinajstić information content (AvgIpc) is 3.46. The van der Waals surface area contributed by atoms with Crippen molar-refractivity contribution in [3.05, 3.63) is 113 Å². The van der Waals surface area contributed by atoms with Crippen LogP contribution >= 0.6 is 0 Å². The fraction of sp³-hybridized carbons (Fsp3) is 0.161. The van der Waals surface area contributed by atoms with Crippen molar-refractivity contribution in [3.63, 3.8) is 0 Å². The van der Waals surface area contributed by atoms with Crippen molar-refractivity contribution in [1.82, 2.24) is 0 Å². The van der Waals surface area contributed by atoms with Crippen molar-refractivity contribution in [1.29, 1.82) is 0 Å². The van der Waals surface area contributed by atoms with E-state index in [0.717, 1.165) is 20.1 Å². The van der Waals surface area contributed by atoms with Crippen LogP contribution in [0.5, 0.6) is 0 Å². The maximum atomic E-state index is 2.42. The third-order valence-corrected chi connectivity index (χ3v) is 7.99. The summed E-state index contributed by atoms with van der Waals surface area (Å²) in [6.07, 6.45) is 3.43. The summed E-state index contributed by atoms with van der Waals surface area (Å²) in [5.41, 5.74) is 18.1. The molecule has 0 unspecified atom stereocenters. The van der Waals surface area contributed by atoms with Gasteiger partial charge in [-0.15, -0.1) is 0 Å². The Balaban J connectivity index is 1.25. The van der Waals surface area contributed by atoms with Gasteiger partial charge in [0.1, 0.15) is 0 Å². The highest BCUT2D eigenvalue weighted by molar-refractivity contribution is 6.73. The zero-order chi connectivity index (χ0) is 21.2. The monoisotopic (exact) mass is 408 g/mol. The molecule has 0 amide bonds. The van der Waals surface area contributed by atoms with Gasteiger partial charge in [-0.2, -0.15) is 0 Å². The first-order valence-electron chi connectivity index (χ1n) is 11.9. The zero-order valence-electron chi connectivity index (χ0n) is 18.5. The van der Waals surface area contributed by atoms with Crippen LogP contribution in [0.4, 0.5) is 0 Å². The Morgan fingerprint density at radius 1 is 0.688 bits per heavy atom. The molecule has 0 spiro atoms. The minimum absolute atomic E-state index is 0.502. The largest absolute Gasteiger partial charge is 0.193 e. The lowest BCUT2D eigenvalue weighted by Gasteiger charge is -2.16. The summed E-state index contributed by atoms with van der Waals surface area (Å²) in [4.78, 5) is 0. The first-order valence-corrected chi connectivity index (χ1v) is 11.9. The van der Waals surface area contributed by atoms with Crippen LogP contribution in [-0.4, -0.2) is 7.28 Å². The summed E-state index contributed by atoms with van der Waals surface area (Å²) in [5.74, 6) is 0.502. The van der Waals surface area contributed by atoms with E-state index in [1.54, 1.807) is 16.7 Å². The highest BCUT2D eigenvalue weighted by Gasteiger charge is 2.31. The molecular weight excluding hydrogens is 383 g/mol. The van der Waals surface area contributed by atoms with Crippen molar-refractivity contribution in [2.75, 3.05) is 0 Å². The van der Waals surface area contributed by atoms with Gasteiger partial charge in [-0.25, -0.2) is 0 Å². The van der Waals surface area contributed by atoms with Crippen LogP contribution in [0.3, 0.4) is 0 Å². The fourth-order valence-electron chi connectivity index (χ4n) is 6.58. The van der Waals surface area contributed by atoms with Gasteiger partial charge in [-0.3, -0.25) is 0 Å². The number of hydrogen-bond acceptors (Lipinski definition) is 0. The molecule has 2 aliphatic carbocycles. The molecule has 0 radical (unpaired) electrons. The van der Waals surface area contributed by atoms with Crippen LogP contribution < -0.4 is 10.9 Å². The van der Waals surface area contributed by atoms with Crippen LogP contribution in [0, 0.1) is 0 Å². The third-order valence-electron chi connectivity index (χ3n) is 7.99. The Kier molecular flexibility index (Phi) is 3.91. The van der Waals surface area contributed by atoms with Gasteiger partial charge in [-0.1, -0.05) is 101 Å². The summed E-state index contributed by atoms with van der Waals surface area (Å²) in [6, 6.07) is 31.8. The second-order valence-electron chi connectivity index (χ2n) is 9.66. The van der Waals surface area contributed by atoms with Crippen molar-refractivity contribution in [3.8, 4) is 22.3 Å². The lowest BCUT2D eigenvalue weighted by Crippen LogP contribution is -2.20. The molecule has 1 heteroatoms. The van der Waals surface area contributed by atoms with Crippen LogP contribution in [0.1, 0.15) is 47.9 Å². The molecule has 0 saturated heterocycles. The molecule has 4 aromatic carbocycles. The first-order chi connectivity index (χ1) is 15.8. The molecule has 0 saturated carbocycles. The lowest BCUT2D eigenvalue weighted by molar-refractivity contribution is 0.750. The van der Waals surface area contributed by atoms with E-state index in [0.29, 0.717) is 5.92 Å². The third kappa shape index (κ3) is 2.51. The Labute approximate surface area is 190 Å². The minimum atomic E-state index is 0.502. The van der Waals surface area contributed by atoms with Gasteiger partial charge in [0, 0.05) is 5.92 Å². The Bertz CT molecular complexity index is 1390. The van der Waals surface area contributed by atoms with E-state index < -0.39 is 0 Å². The van der Waals surface area contributed by atoms with Crippen molar-refractivity contribution < 1.29 is 0 Å². The lowest BCUT2D eigenvalue weighted by atomic mass is 9.68. The predicted octanol–water partition coefficient (Wildman–Crippen LogP) is 5.98. The molecule has 4 aromatic rings. The molecule has 0 aromatic heterocycles. The fourth-order valence-corrected chi connectivity index (χ4v) is 6.58. The van der Waals surface area contributed by atoms with Crippen molar-refractivity contribution in [2.24, 2.45) is 0 Å². The topological polar surface area (TPSA) is 0 Å². The van der Waals surface area contributed by atoms with Gasteiger partial charge in [0.15, 0.2) is 7.28 Å². The molecule has 0 bridgehead atoms. The number of rotatable bonds is 3. The highest BCUT2D eigenvalue weighted by Crippen LogP contribution is 2.48.